The van der Waals surface area contributed by atoms with Crippen molar-refractivity contribution in [3.05, 3.63) is 42.7 Å². The molecule has 4 N–H and O–H groups in total. The highest BCUT2D eigenvalue weighted by Gasteiger charge is 2.63. The molecule has 2 aliphatic carbocycles. The monoisotopic (exact) mass is 722 g/mol. The van der Waals surface area contributed by atoms with Gasteiger partial charge >= 0.3 is 6.09 Å². The zero-order chi connectivity index (χ0) is 36.3. The fourth-order valence-corrected chi connectivity index (χ4v) is 8.78. The summed E-state index contributed by atoms with van der Waals surface area (Å²) in [4.78, 5) is 60.3. The molecule has 4 amide bonds. The summed E-state index contributed by atoms with van der Waals surface area (Å²) in [6, 6.07) is 5.00. The maximum Gasteiger partial charge on any atom is 0.405 e. The van der Waals surface area contributed by atoms with Gasteiger partial charge in [-0.3, -0.25) is 23.5 Å². The zero-order valence-corrected chi connectivity index (χ0v) is 29.4. The molecular formula is C34H42N8O8S. The van der Waals surface area contributed by atoms with Gasteiger partial charge in [0, 0.05) is 12.3 Å². The van der Waals surface area contributed by atoms with Crippen molar-refractivity contribution in [2.45, 2.75) is 94.2 Å². The number of hydrogen-bond donors (Lipinski definition) is 4. The molecule has 0 bridgehead atoms. The molecule has 7 rings (SSSR count). The van der Waals surface area contributed by atoms with Crippen LogP contribution in [0.3, 0.4) is 0 Å². The zero-order valence-electron chi connectivity index (χ0n) is 28.6. The predicted octanol–water partition coefficient (Wildman–Crippen LogP) is 2.15. The number of amides is 4. The van der Waals surface area contributed by atoms with Crippen LogP contribution in [-0.4, -0.2) is 96.8 Å². The Bertz CT molecular complexity index is 2050. The third kappa shape index (κ3) is 6.47. The second kappa shape index (κ2) is 12.8. The van der Waals surface area contributed by atoms with Gasteiger partial charge in [0.15, 0.2) is 0 Å². The van der Waals surface area contributed by atoms with E-state index < -0.39 is 74.1 Å². The van der Waals surface area contributed by atoms with E-state index in [1.807, 2.05) is 43.3 Å². The molecule has 3 aromatic rings. The van der Waals surface area contributed by atoms with Gasteiger partial charge in [0.1, 0.15) is 30.1 Å². The second-order valence-corrected chi connectivity index (χ2v) is 17.0. The molecule has 0 spiro atoms. The normalized spacial score (nSPS) is 31.4. The summed E-state index contributed by atoms with van der Waals surface area (Å²) >= 11 is 0. The Hall–Kier alpha value is -4.80. The van der Waals surface area contributed by atoms with E-state index in [0.29, 0.717) is 31.1 Å². The molecule has 272 valence electrons. The first-order chi connectivity index (χ1) is 24.2. The number of benzene rings is 1. The molecule has 1 aromatic carbocycles. The molecule has 16 nitrogen and oxygen atoms in total. The van der Waals surface area contributed by atoms with Crippen LogP contribution in [0.1, 0.15) is 65.7 Å². The van der Waals surface area contributed by atoms with Crippen molar-refractivity contribution in [1.82, 2.24) is 39.8 Å². The summed E-state index contributed by atoms with van der Waals surface area (Å²) in [5.41, 5.74) is -0.818. The van der Waals surface area contributed by atoms with E-state index in [9.17, 15) is 32.7 Å². The minimum absolute atomic E-state index is 0.00932. The number of rotatable bonds is 6. The van der Waals surface area contributed by atoms with Crippen molar-refractivity contribution in [2.24, 2.45) is 17.8 Å². The molecule has 51 heavy (non-hydrogen) atoms. The predicted molar refractivity (Wildman–Crippen MR) is 183 cm³/mol. The minimum Gasteiger partial charge on any atom is -0.472 e. The van der Waals surface area contributed by atoms with Crippen LogP contribution >= 0.6 is 0 Å². The Morgan fingerprint density at radius 1 is 1.14 bits per heavy atom. The van der Waals surface area contributed by atoms with Crippen molar-refractivity contribution < 1.29 is 37.4 Å². The molecule has 2 aromatic heterocycles. The number of carbonyl (C=O) groups is 4. The van der Waals surface area contributed by atoms with Gasteiger partial charge in [-0.15, -0.1) is 10.2 Å². The maximum atomic E-state index is 14.4. The smallest absolute Gasteiger partial charge is 0.405 e. The maximum absolute atomic E-state index is 14.4. The van der Waals surface area contributed by atoms with Gasteiger partial charge < -0.3 is 25.4 Å². The number of carbonyl (C=O) groups excluding carboxylic acids is 3. The average Bonchev–Trinajstić information content (AvgIpc) is 3.86. The number of fused-ring (bicyclic) bond motifs is 5. The number of sulfonamides is 1. The van der Waals surface area contributed by atoms with Crippen LogP contribution in [0.15, 0.2) is 42.7 Å². The van der Waals surface area contributed by atoms with Crippen molar-refractivity contribution >= 4 is 50.5 Å². The number of carboxylic acid groups (broad SMARTS) is 1. The Labute approximate surface area is 294 Å². The number of allylic oxidation sites excluding steroid dienone is 1. The fraction of sp³-hybridized carbons (Fsp3) is 0.559. The molecule has 2 aliphatic heterocycles. The van der Waals surface area contributed by atoms with Crippen LogP contribution in [0.5, 0.6) is 5.88 Å². The molecule has 2 saturated carbocycles. The standard InChI is InChI=1S/C34H42N8O8S/c1-19-8-4-5-9-21-16-34(21,30(45)40-51(48,49)33(3)12-13-33)38-27(43)25-15-22(17-41(25)29(44)26(20(2)14-19)36-32(46)47)50-28-23-10-6-7-11-24(23)42-18-35-39-31(42)37-28/h5-7,9-11,18-22,25-26,36H,4,8,12-17H2,1-3H3,(H,38,43)(H,40,45)(H,46,47)/b9-5-/t19-,20+,21+,22+,25-,26-,34+/m0/s1. The van der Waals surface area contributed by atoms with Gasteiger partial charge in [0.25, 0.3) is 11.7 Å². The van der Waals surface area contributed by atoms with Crippen LogP contribution in [0, 0.1) is 17.8 Å². The molecular weight excluding hydrogens is 680 g/mol. The topological polar surface area (TPSA) is 214 Å². The Kier molecular flexibility index (Phi) is 8.66. The van der Waals surface area contributed by atoms with Crippen LogP contribution < -0.4 is 20.1 Å². The largest absolute Gasteiger partial charge is 0.472 e. The number of hydrogen-bond acceptors (Lipinski definition) is 10. The highest BCUT2D eigenvalue weighted by atomic mass is 32.2. The summed E-state index contributed by atoms with van der Waals surface area (Å²) in [6.07, 6.45) is 6.11. The number of nitrogens with one attached hydrogen (secondary N) is 3. The van der Waals surface area contributed by atoms with E-state index in [-0.39, 0.29) is 37.0 Å². The lowest BCUT2D eigenvalue weighted by molar-refractivity contribution is -0.142. The molecule has 0 radical (unpaired) electrons. The van der Waals surface area contributed by atoms with E-state index in [1.54, 1.807) is 18.2 Å². The van der Waals surface area contributed by atoms with Crippen molar-refractivity contribution in [2.75, 3.05) is 6.54 Å². The van der Waals surface area contributed by atoms with E-state index in [2.05, 4.69) is 30.5 Å². The summed E-state index contributed by atoms with van der Waals surface area (Å²) in [7, 11) is -4.00. The lowest BCUT2D eigenvalue weighted by atomic mass is 9.88. The average molecular weight is 723 g/mol. The molecule has 3 fully saturated rings. The third-order valence-electron chi connectivity index (χ3n) is 10.9. The Morgan fingerprint density at radius 2 is 1.90 bits per heavy atom. The van der Waals surface area contributed by atoms with Crippen molar-refractivity contribution in [1.29, 1.82) is 0 Å². The summed E-state index contributed by atoms with van der Waals surface area (Å²) in [5, 5.41) is 23.7. The van der Waals surface area contributed by atoms with E-state index in [0.717, 1.165) is 11.9 Å². The first-order valence-electron chi connectivity index (χ1n) is 17.3. The summed E-state index contributed by atoms with van der Waals surface area (Å²) in [6.45, 7) is 5.33. The van der Waals surface area contributed by atoms with Gasteiger partial charge in [-0.25, -0.2) is 13.2 Å². The molecule has 7 atom stereocenters. The number of para-hydroxylation sites is 1. The van der Waals surface area contributed by atoms with Crippen LogP contribution in [-0.2, 0) is 24.4 Å². The van der Waals surface area contributed by atoms with Gasteiger partial charge in [0.2, 0.25) is 27.7 Å². The van der Waals surface area contributed by atoms with Crippen LogP contribution in [0.25, 0.3) is 16.7 Å². The molecule has 4 heterocycles. The Balaban J connectivity index is 1.23. The van der Waals surface area contributed by atoms with Crippen molar-refractivity contribution in [3.8, 4) is 5.88 Å². The van der Waals surface area contributed by atoms with Crippen LogP contribution in [0.4, 0.5) is 4.79 Å². The summed E-state index contributed by atoms with van der Waals surface area (Å²) in [5.74, 6) is -2.35. The molecule has 0 unspecified atom stereocenters. The minimum atomic E-state index is -4.00. The van der Waals surface area contributed by atoms with Gasteiger partial charge in [-0.05, 0) is 69.4 Å². The fourth-order valence-electron chi connectivity index (χ4n) is 7.47. The number of ether oxygens (including phenoxy) is 1. The Morgan fingerprint density at radius 3 is 2.65 bits per heavy atom. The van der Waals surface area contributed by atoms with Crippen LogP contribution in [0.2, 0.25) is 0 Å². The first-order valence-corrected chi connectivity index (χ1v) is 18.8. The van der Waals surface area contributed by atoms with Crippen molar-refractivity contribution in [3.63, 3.8) is 0 Å². The molecule has 1 saturated heterocycles. The molecule has 4 aliphatic rings. The van der Waals surface area contributed by atoms with Gasteiger partial charge in [0.05, 0.1) is 22.2 Å². The quantitative estimate of drug-likeness (QED) is 0.271. The second-order valence-electron chi connectivity index (χ2n) is 14.8. The molecule has 17 heteroatoms. The lowest BCUT2D eigenvalue weighted by Crippen LogP contribution is -2.59. The highest BCUT2D eigenvalue weighted by molar-refractivity contribution is 7.91. The van der Waals surface area contributed by atoms with Gasteiger partial charge in [-0.1, -0.05) is 38.1 Å². The highest BCUT2D eigenvalue weighted by Crippen LogP contribution is 2.47. The van der Waals surface area contributed by atoms with E-state index in [4.69, 9.17) is 4.74 Å². The summed E-state index contributed by atoms with van der Waals surface area (Å²) < 4.78 is 35.5. The third-order valence-corrected chi connectivity index (χ3v) is 13.1. The van der Waals surface area contributed by atoms with Gasteiger partial charge in [-0.2, -0.15) is 4.98 Å². The number of nitrogens with zero attached hydrogens (tertiary/aromatic N) is 5. The SMILES string of the molecule is C[C@H]1CC/C=C\[C@@H]2C[C@@]2(C(=O)NS(=O)(=O)C2(C)CC2)NC(=O)[C@@H]2C[C@@H](Oc3nc4nncn4c4ccccc34)CN2C(=O)[C@@H](NC(=O)O)[C@H](C)C1. The van der Waals surface area contributed by atoms with E-state index in [1.165, 1.54) is 11.2 Å². The lowest BCUT2D eigenvalue weighted by Gasteiger charge is -2.32. The first kappa shape index (κ1) is 34.6. The van der Waals surface area contributed by atoms with E-state index >= 15 is 0 Å². The number of aromatic nitrogens is 4.